The van der Waals surface area contributed by atoms with Crippen molar-refractivity contribution in [2.45, 2.75) is 20.3 Å². The first-order valence-electron chi connectivity index (χ1n) is 6.69. The van der Waals surface area contributed by atoms with Crippen molar-refractivity contribution in [3.05, 3.63) is 82.9 Å². The fourth-order valence-corrected chi connectivity index (χ4v) is 2.43. The highest BCUT2D eigenvalue weighted by Crippen LogP contribution is 2.35. The lowest BCUT2D eigenvalue weighted by Gasteiger charge is -2.10. The van der Waals surface area contributed by atoms with Crippen LogP contribution in [0.3, 0.4) is 0 Å². The highest BCUT2D eigenvalue weighted by Gasteiger charge is 2.14. The lowest BCUT2D eigenvalue weighted by atomic mass is 9.94. The predicted octanol–water partition coefficient (Wildman–Crippen LogP) is 4.98. The van der Waals surface area contributed by atoms with E-state index in [1.165, 1.54) is 33.4 Å². The van der Waals surface area contributed by atoms with Gasteiger partial charge in [0.15, 0.2) is 0 Å². The molecule has 1 radical (unpaired) electrons. The second-order valence-corrected chi connectivity index (χ2v) is 5.11. The average molecular weight is 245 g/mol. The van der Waals surface area contributed by atoms with Gasteiger partial charge in [0.25, 0.3) is 0 Å². The third-order valence-corrected chi connectivity index (χ3v) is 3.56. The molecule has 0 aromatic heterocycles. The summed E-state index contributed by atoms with van der Waals surface area (Å²) in [6.07, 6.45) is 6.65. The lowest BCUT2D eigenvalue weighted by molar-refractivity contribution is 1.39. The van der Waals surface area contributed by atoms with Crippen molar-refractivity contribution >= 4 is 11.1 Å². The van der Waals surface area contributed by atoms with Crippen LogP contribution in [-0.2, 0) is 0 Å². The molecule has 0 saturated carbocycles. The van der Waals surface area contributed by atoms with Crippen LogP contribution in [0.2, 0.25) is 0 Å². The first-order valence-corrected chi connectivity index (χ1v) is 6.69. The maximum atomic E-state index is 3.48. The van der Waals surface area contributed by atoms with E-state index in [4.69, 9.17) is 0 Å². The van der Waals surface area contributed by atoms with Gasteiger partial charge in [-0.25, -0.2) is 0 Å². The Balaban J connectivity index is 1.97. The van der Waals surface area contributed by atoms with E-state index in [2.05, 4.69) is 74.5 Å². The van der Waals surface area contributed by atoms with Gasteiger partial charge in [-0.15, -0.1) is 0 Å². The molecule has 1 aliphatic rings. The lowest BCUT2D eigenvalue weighted by Crippen LogP contribution is -1.88. The van der Waals surface area contributed by atoms with Crippen LogP contribution in [0.5, 0.6) is 0 Å². The third kappa shape index (κ3) is 2.39. The Bertz CT molecular complexity index is 578. The van der Waals surface area contributed by atoms with Gasteiger partial charge in [-0.3, -0.25) is 0 Å². The summed E-state index contributed by atoms with van der Waals surface area (Å²) in [5.74, 6) is 0. The molecule has 0 bridgehead atoms. The molecule has 0 nitrogen and oxygen atoms in total. The van der Waals surface area contributed by atoms with Crippen LogP contribution >= 0.6 is 0 Å². The van der Waals surface area contributed by atoms with E-state index in [9.17, 15) is 0 Å². The molecule has 0 heteroatoms. The first-order chi connectivity index (χ1) is 9.24. The molecule has 0 spiro atoms. The summed E-state index contributed by atoms with van der Waals surface area (Å²) in [5.41, 5.74) is 7.68. The molecule has 0 atom stereocenters. The van der Waals surface area contributed by atoms with Gasteiger partial charge in [-0.05, 0) is 48.6 Å². The topological polar surface area (TPSA) is 0 Å². The van der Waals surface area contributed by atoms with E-state index in [1.54, 1.807) is 0 Å². The molecule has 2 aromatic rings. The number of benzene rings is 2. The molecule has 93 valence electrons. The second kappa shape index (κ2) is 4.89. The largest absolute Gasteiger partial charge is 0.0716 e. The fourth-order valence-electron chi connectivity index (χ4n) is 2.43. The molecule has 2 aromatic carbocycles. The van der Waals surface area contributed by atoms with Crippen LogP contribution in [0.4, 0.5) is 0 Å². The van der Waals surface area contributed by atoms with Crippen molar-refractivity contribution in [2.24, 2.45) is 0 Å². The zero-order valence-corrected chi connectivity index (χ0v) is 11.4. The van der Waals surface area contributed by atoms with Gasteiger partial charge in [0.1, 0.15) is 0 Å². The Morgan fingerprint density at radius 1 is 0.737 bits per heavy atom. The molecule has 3 rings (SSSR count). The third-order valence-electron chi connectivity index (χ3n) is 3.56. The van der Waals surface area contributed by atoms with E-state index in [1.807, 2.05) is 0 Å². The Morgan fingerprint density at radius 2 is 1.26 bits per heavy atom. The van der Waals surface area contributed by atoms with Gasteiger partial charge in [-0.2, -0.15) is 0 Å². The highest BCUT2D eigenvalue weighted by atomic mass is 14.2. The summed E-state index contributed by atoms with van der Waals surface area (Å²) in [6, 6.07) is 17.4. The van der Waals surface area contributed by atoms with Crippen molar-refractivity contribution < 1.29 is 0 Å². The summed E-state index contributed by atoms with van der Waals surface area (Å²) in [5, 5.41) is 0. The summed E-state index contributed by atoms with van der Waals surface area (Å²) < 4.78 is 0. The Labute approximate surface area is 115 Å². The predicted molar refractivity (Wildman–Crippen MR) is 81.6 cm³/mol. The molecule has 0 amide bonds. The van der Waals surface area contributed by atoms with Crippen LogP contribution in [0.25, 0.3) is 11.1 Å². The van der Waals surface area contributed by atoms with E-state index in [-0.39, 0.29) is 0 Å². The smallest absolute Gasteiger partial charge is 0.00702 e. The average Bonchev–Trinajstić information content (AvgIpc) is 2.90. The van der Waals surface area contributed by atoms with Crippen molar-refractivity contribution in [3.8, 4) is 0 Å². The zero-order valence-electron chi connectivity index (χ0n) is 11.4. The first kappa shape index (κ1) is 12.0. The van der Waals surface area contributed by atoms with Crippen molar-refractivity contribution in [3.63, 3.8) is 0 Å². The Hall–Kier alpha value is -2.08. The van der Waals surface area contributed by atoms with Crippen LogP contribution in [0.15, 0.2) is 54.6 Å². The number of aryl methyl sites for hydroxylation is 2. The van der Waals surface area contributed by atoms with Crippen molar-refractivity contribution in [1.82, 2.24) is 0 Å². The number of hydrogen-bond donors (Lipinski definition) is 0. The Morgan fingerprint density at radius 3 is 1.84 bits per heavy atom. The quantitative estimate of drug-likeness (QED) is 0.700. The van der Waals surface area contributed by atoms with Gasteiger partial charge in [0, 0.05) is 0 Å². The van der Waals surface area contributed by atoms with Gasteiger partial charge in [0.05, 0.1) is 0 Å². The fraction of sp³-hybridized carbons (Fsp3) is 0.158. The molecule has 0 aliphatic heterocycles. The van der Waals surface area contributed by atoms with E-state index >= 15 is 0 Å². The van der Waals surface area contributed by atoms with Crippen molar-refractivity contribution in [1.29, 1.82) is 0 Å². The molecule has 0 saturated heterocycles. The van der Waals surface area contributed by atoms with Gasteiger partial charge < -0.3 is 0 Å². The molecule has 0 unspecified atom stereocenters. The van der Waals surface area contributed by atoms with Gasteiger partial charge in [-0.1, -0.05) is 65.7 Å². The van der Waals surface area contributed by atoms with Crippen LogP contribution in [0.1, 0.15) is 28.7 Å². The maximum Gasteiger partial charge on any atom is -0.00702 e. The minimum absolute atomic E-state index is 0.909. The van der Waals surface area contributed by atoms with E-state index in [0.717, 1.165) is 6.42 Å². The summed E-state index contributed by atoms with van der Waals surface area (Å²) >= 11 is 0. The zero-order chi connectivity index (χ0) is 13.2. The van der Waals surface area contributed by atoms with Crippen LogP contribution < -0.4 is 0 Å². The molecule has 1 aliphatic carbocycles. The summed E-state index contributed by atoms with van der Waals surface area (Å²) in [4.78, 5) is 0. The number of rotatable bonds is 2. The SMILES string of the molecule is Cc1ccc(C2=[C]CC=C2c2ccc(C)cc2)cc1. The number of allylic oxidation sites excluding steroid dienone is 4. The van der Waals surface area contributed by atoms with Crippen molar-refractivity contribution in [2.75, 3.05) is 0 Å². The molecular weight excluding hydrogens is 228 g/mol. The minimum Gasteiger partial charge on any atom is -0.0716 e. The van der Waals surface area contributed by atoms with E-state index in [0.29, 0.717) is 0 Å². The van der Waals surface area contributed by atoms with E-state index < -0.39 is 0 Å². The molecule has 19 heavy (non-hydrogen) atoms. The normalized spacial score (nSPS) is 14.2. The standard InChI is InChI=1S/C19H17/c1-14-6-10-16(11-7-14)18-4-3-5-19(18)17-12-8-15(2)9-13-17/h4,6-13H,3H2,1-2H3. The molecular formula is C19H17. The molecule has 0 heterocycles. The number of hydrogen-bond acceptors (Lipinski definition) is 0. The minimum atomic E-state index is 0.909. The maximum absolute atomic E-state index is 3.48. The highest BCUT2D eigenvalue weighted by molar-refractivity contribution is 6.05. The van der Waals surface area contributed by atoms with Crippen LogP contribution in [0, 0.1) is 19.9 Å². The summed E-state index contributed by atoms with van der Waals surface area (Å²) in [6.45, 7) is 4.24. The summed E-state index contributed by atoms with van der Waals surface area (Å²) in [7, 11) is 0. The Kier molecular flexibility index (Phi) is 3.08. The second-order valence-electron chi connectivity index (χ2n) is 5.11. The van der Waals surface area contributed by atoms with Crippen LogP contribution in [-0.4, -0.2) is 0 Å². The van der Waals surface area contributed by atoms with Gasteiger partial charge in [0.2, 0.25) is 0 Å². The molecule has 0 fully saturated rings. The molecule has 0 N–H and O–H groups in total. The van der Waals surface area contributed by atoms with Gasteiger partial charge >= 0.3 is 0 Å². The monoisotopic (exact) mass is 245 g/mol.